The number of benzene rings is 1. The molecule has 0 aromatic heterocycles. The van der Waals surface area contributed by atoms with Crippen LogP contribution in [0.4, 0.5) is 0 Å². The molecule has 1 rings (SSSR count). The van der Waals surface area contributed by atoms with Crippen molar-refractivity contribution in [3.63, 3.8) is 0 Å². The molecule has 84 valence electrons. The van der Waals surface area contributed by atoms with E-state index in [1.807, 2.05) is 0 Å². The maximum atomic E-state index is 11.3. The van der Waals surface area contributed by atoms with Gasteiger partial charge in [0.05, 0.1) is 4.90 Å². The van der Waals surface area contributed by atoms with Gasteiger partial charge in [-0.05, 0) is 24.3 Å². The van der Waals surface area contributed by atoms with Gasteiger partial charge in [0.2, 0.25) is 7.37 Å². The summed E-state index contributed by atoms with van der Waals surface area (Å²) in [7, 11) is -6.84. The maximum absolute atomic E-state index is 11.3. The minimum absolute atomic E-state index is 0.225. The average molecular weight is 250 g/mol. The molecule has 1 aromatic rings. The first-order valence-corrected chi connectivity index (χ1v) is 7.96. The smallest absolute Gasteiger partial charge is 0.294 e. The Morgan fingerprint density at radius 3 is 2.00 bits per heavy atom. The molecule has 15 heavy (non-hydrogen) atoms. The van der Waals surface area contributed by atoms with E-state index < -0.39 is 17.5 Å². The van der Waals surface area contributed by atoms with Crippen LogP contribution < -0.4 is 4.52 Å². The normalized spacial score (nSPS) is 12.5. The van der Waals surface area contributed by atoms with Gasteiger partial charge in [-0.1, -0.05) is 0 Å². The van der Waals surface area contributed by atoms with Gasteiger partial charge in [-0.3, -0.25) is 9.12 Å². The molecule has 0 atom stereocenters. The first kappa shape index (κ1) is 12.2. The molecule has 0 unspecified atom stereocenters. The molecule has 1 N–H and O–H groups in total. The predicted molar refractivity (Wildman–Crippen MR) is 56.3 cm³/mol. The van der Waals surface area contributed by atoms with E-state index in [9.17, 15) is 13.0 Å². The number of hydrogen-bond acceptors (Lipinski definition) is 4. The zero-order valence-corrected chi connectivity index (χ0v) is 9.96. The third-order valence-electron chi connectivity index (χ3n) is 1.45. The summed E-state index contributed by atoms with van der Waals surface area (Å²) < 4.78 is 46.4. The largest absolute Gasteiger partial charge is 0.443 e. The van der Waals surface area contributed by atoms with Gasteiger partial charge < -0.3 is 4.52 Å². The molecule has 0 fully saturated rings. The van der Waals surface area contributed by atoms with E-state index in [1.54, 1.807) is 0 Å². The van der Waals surface area contributed by atoms with Gasteiger partial charge in [0, 0.05) is 13.3 Å². The van der Waals surface area contributed by atoms with E-state index in [4.69, 9.17) is 9.08 Å². The monoisotopic (exact) mass is 250 g/mol. The van der Waals surface area contributed by atoms with Crippen molar-refractivity contribution in [2.75, 3.05) is 13.3 Å². The quantitative estimate of drug-likeness (QED) is 0.654. The third-order valence-corrected chi connectivity index (χ3v) is 2.97. The topological polar surface area (TPSA) is 80.7 Å². The van der Waals surface area contributed by atoms with Gasteiger partial charge in [0.25, 0.3) is 10.1 Å². The summed E-state index contributed by atoms with van der Waals surface area (Å²) >= 11 is 0. The molecule has 0 saturated carbocycles. The van der Waals surface area contributed by atoms with Crippen LogP contribution in [0.3, 0.4) is 0 Å². The zero-order valence-electron chi connectivity index (χ0n) is 8.25. The SMILES string of the molecule is CP(C)(=O)Oc1ccc(S(=O)(=O)O)cc1. The van der Waals surface area contributed by atoms with E-state index in [0.717, 1.165) is 0 Å². The van der Waals surface area contributed by atoms with Crippen molar-refractivity contribution in [3.8, 4) is 5.75 Å². The Balaban J connectivity index is 2.97. The molecule has 0 amide bonds. The summed E-state index contributed by atoms with van der Waals surface area (Å²) in [6.07, 6.45) is 0. The Kier molecular flexibility index (Phi) is 3.23. The maximum Gasteiger partial charge on any atom is 0.294 e. The molecule has 0 radical (unpaired) electrons. The Morgan fingerprint density at radius 1 is 1.20 bits per heavy atom. The van der Waals surface area contributed by atoms with Gasteiger partial charge in [-0.15, -0.1) is 0 Å². The van der Waals surface area contributed by atoms with Crippen LogP contribution in [0.1, 0.15) is 0 Å². The lowest BCUT2D eigenvalue weighted by atomic mass is 10.3. The van der Waals surface area contributed by atoms with Gasteiger partial charge in [-0.25, -0.2) is 0 Å². The second-order valence-electron chi connectivity index (χ2n) is 3.29. The lowest BCUT2D eigenvalue weighted by Crippen LogP contribution is -1.97. The van der Waals surface area contributed by atoms with Crippen LogP contribution in [0.15, 0.2) is 29.2 Å². The average Bonchev–Trinajstić information content (AvgIpc) is 2.00. The lowest BCUT2D eigenvalue weighted by molar-refractivity contribution is 0.483. The van der Waals surface area contributed by atoms with Crippen LogP contribution in [0.2, 0.25) is 0 Å². The van der Waals surface area contributed by atoms with Crippen molar-refractivity contribution < 1.29 is 22.1 Å². The van der Waals surface area contributed by atoms with Crippen LogP contribution in [0.5, 0.6) is 5.75 Å². The summed E-state index contributed by atoms with van der Waals surface area (Å²) in [5.74, 6) is 0.302. The fourth-order valence-electron chi connectivity index (χ4n) is 0.926. The van der Waals surface area contributed by atoms with Crippen LogP contribution >= 0.6 is 7.37 Å². The van der Waals surface area contributed by atoms with E-state index in [1.165, 1.54) is 37.6 Å². The van der Waals surface area contributed by atoms with Gasteiger partial charge in [0.15, 0.2) is 0 Å². The standard InChI is InChI=1S/C8H11O5PS/c1-14(2,9)13-7-3-5-8(6-4-7)15(10,11)12/h3-6H,1-2H3,(H,10,11,12). The Bertz CT molecular complexity index is 484. The van der Waals surface area contributed by atoms with E-state index >= 15 is 0 Å². The van der Waals surface area contributed by atoms with Gasteiger partial charge in [-0.2, -0.15) is 8.42 Å². The van der Waals surface area contributed by atoms with Crippen molar-refractivity contribution in [2.45, 2.75) is 4.90 Å². The first-order valence-electron chi connectivity index (χ1n) is 4.01. The molecule has 0 aliphatic carbocycles. The summed E-state index contributed by atoms with van der Waals surface area (Å²) in [5, 5.41) is 0. The first-order chi connectivity index (χ1) is 6.68. The highest BCUT2D eigenvalue weighted by molar-refractivity contribution is 7.85. The van der Waals surface area contributed by atoms with E-state index in [-0.39, 0.29) is 4.90 Å². The van der Waals surface area contributed by atoms with Crippen molar-refractivity contribution in [1.29, 1.82) is 0 Å². The highest BCUT2D eigenvalue weighted by atomic mass is 32.2. The van der Waals surface area contributed by atoms with E-state index in [0.29, 0.717) is 5.75 Å². The van der Waals surface area contributed by atoms with Crippen molar-refractivity contribution in [1.82, 2.24) is 0 Å². The highest BCUT2D eigenvalue weighted by Crippen LogP contribution is 2.38. The minimum Gasteiger partial charge on any atom is -0.443 e. The van der Waals surface area contributed by atoms with Crippen LogP contribution in [0, 0.1) is 0 Å². The fourth-order valence-corrected chi connectivity index (χ4v) is 2.04. The summed E-state index contributed by atoms with van der Waals surface area (Å²) in [5.41, 5.74) is 0. The van der Waals surface area contributed by atoms with Crippen molar-refractivity contribution in [3.05, 3.63) is 24.3 Å². The van der Waals surface area contributed by atoms with Crippen molar-refractivity contribution >= 4 is 17.5 Å². The summed E-state index contributed by atoms with van der Waals surface area (Å²) in [6.45, 7) is 2.90. The Labute approximate surface area is 88.3 Å². The number of hydrogen-bond donors (Lipinski definition) is 1. The zero-order chi connectivity index (χ0) is 11.7. The van der Waals surface area contributed by atoms with E-state index in [2.05, 4.69) is 0 Å². The molecular formula is C8H11O5PS. The minimum atomic E-state index is -4.19. The molecule has 0 saturated heterocycles. The molecule has 7 heteroatoms. The third kappa shape index (κ3) is 4.03. The fraction of sp³-hybridized carbons (Fsp3) is 0.250. The molecule has 1 aromatic carbocycles. The molecule has 0 aliphatic heterocycles. The highest BCUT2D eigenvalue weighted by Gasteiger charge is 2.11. The summed E-state index contributed by atoms with van der Waals surface area (Å²) in [6, 6.07) is 5.03. The molecule has 0 spiro atoms. The van der Waals surface area contributed by atoms with Crippen LogP contribution in [-0.4, -0.2) is 26.3 Å². The van der Waals surface area contributed by atoms with Gasteiger partial charge >= 0.3 is 0 Å². The molecular weight excluding hydrogens is 239 g/mol. The number of rotatable bonds is 3. The molecule has 5 nitrogen and oxygen atoms in total. The second-order valence-corrected chi connectivity index (χ2v) is 7.40. The van der Waals surface area contributed by atoms with Crippen molar-refractivity contribution in [2.24, 2.45) is 0 Å². The molecule has 0 bridgehead atoms. The Hall–Kier alpha value is -0.840. The van der Waals surface area contributed by atoms with Crippen LogP contribution in [-0.2, 0) is 14.7 Å². The lowest BCUT2D eigenvalue weighted by Gasteiger charge is -2.09. The van der Waals surface area contributed by atoms with Gasteiger partial charge in [0.1, 0.15) is 5.75 Å². The van der Waals surface area contributed by atoms with Crippen LogP contribution in [0.25, 0.3) is 0 Å². The predicted octanol–water partition coefficient (Wildman–Crippen LogP) is 1.85. The molecule has 0 aliphatic rings. The summed E-state index contributed by atoms with van der Waals surface area (Å²) in [4.78, 5) is -0.225. The molecule has 0 heterocycles. The second kappa shape index (κ2) is 3.96. The Morgan fingerprint density at radius 2 is 1.67 bits per heavy atom.